The van der Waals surface area contributed by atoms with E-state index in [1.54, 1.807) is 37.3 Å². The van der Waals surface area contributed by atoms with E-state index in [9.17, 15) is 18.0 Å². The minimum absolute atomic E-state index is 0.00639. The number of hydrogen-bond donors (Lipinski definition) is 1. The second-order valence-corrected chi connectivity index (χ2v) is 10.6. The Balaban J connectivity index is 1.97. The fourth-order valence-corrected chi connectivity index (χ4v) is 5.16. The number of anilines is 1. The Kier molecular flexibility index (Phi) is 9.50. The molecule has 0 radical (unpaired) electrons. The Morgan fingerprint density at radius 2 is 1.50 bits per heavy atom. The maximum Gasteiger partial charge on any atom is 0.264 e. The molecule has 0 aliphatic rings. The first-order chi connectivity index (χ1) is 17.2. The normalized spacial score (nSPS) is 12.0. The summed E-state index contributed by atoms with van der Waals surface area (Å²) >= 11 is 5.95. The van der Waals surface area contributed by atoms with Gasteiger partial charge in [-0.25, -0.2) is 8.42 Å². The van der Waals surface area contributed by atoms with E-state index in [0.29, 0.717) is 17.3 Å². The van der Waals surface area contributed by atoms with Crippen molar-refractivity contribution in [2.24, 2.45) is 0 Å². The first-order valence-electron chi connectivity index (χ1n) is 11.7. The minimum Gasteiger partial charge on any atom is -0.354 e. The highest BCUT2D eigenvalue weighted by molar-refractivity contribution is 7.92. The van der Waals surface area contributed by atoms with E-state index < -0.39 is 28.5 Å². The Bertz CT molecular complexity index is 1250. The molecular formula is C27H30ClN3O4S. The maximum atomic E-state index is 13.7. The number of nitrogens with zero attached hydrogens (tertiary/aromatic N) is 2. The number of amides is 2. The number of sulfonamides is 1. The Morgan fingerprint density at radius 1 is 0.917 bits per heavy atom. The molecule has 0 saturated carbocycles. The molecule has 0 aliphatic heterocycles. The molecule has 0 unspecified atom stereocenters. The number of rotatable bonds is 11. The Hall–Kier alpha value is -3.36. The lowest BCUT2D eigenvalue weighted by atomic mass is 10.1. The van der Waals surface area contributed by atoms with E-state index in [0.717, 1.165) is 16.3 Å². The van der Waals surface area contributed by atoms with Crippen LogP contribution in [0.3, 0.4) is 0 Å². The molecule has 2 amide bonds. The van der Waals surface area contributed by atoms with Gasteiger partial charge in [-0.15, -0.1) is 0 Å². The van der Waals surface area contributed by atoms with Crippen LogP contribution in [-0.2, 0) is 26.2 Å². The molecular weight excluding hydrogens is 498 g/mol. The fourth-order valence-electron chi connectivity index (χ4n) is 3.62. The molecule has 0 bridgehead atoms. The number of carbonyl (C=O) groups excluding carboxylic acids is 2. The zero-order chi connectivity index (χ0) is 26.1. The highest BCUT2D eigenvalue weighted by Crippen LogP contribution is 2.25. The third-order valence-electron chi connectivity index (χ3n) is 5.64. The second-order valence-electron chi connectivity index (χ2n) is 8.28. The molecule has 0 aromatic heterocycles. The largest absolute Gasteiger partial charge is 0.354 e. The van der Waals surface area contributed by atoms with Gasteiger partial charge in [0.1, 0.15) is 12.6 Å². The summed E-state index contributed by atoms with van der Waals surface area (Å²) in [5.74, 6) is -0.799. The molecule has 36 heavy (non-hydrogen) atoms. The van der Waals surface area contributed by atoms with Gasteiger partial charge in [0, 0.05) is 18.1 Å². The van der Waals surface area contributed by atoms with Crippen molar-refractivity contribution < 1.29 is 18.0 Å². The van der Waals surface area contributed by atoms with Crippen LogP contribution in [0.4, 0.5) is 5.69 Å². The van der Waals surface area contributed by atoms with E-state index >= 15 is 0 Å². The van der Waals surface area contributed by atoms with Gasteiger partial charge in [0.05, 0.1) is 10.6 Å². The molecule has 190 valence electrons. The van der Waals surface area contributed by atoms with Crippen LogP contribution < -0.4 is 9.62 Å². The topological polar surface area (TPSA) is 86.8 Å². The predicted octanol–water partition coefficient (Wildman–Crippen LogP) is 4.48. The van der Waals surface area contributed by atoms with Crippen LogP contribution in [0.5, 0.6) is 0 Å². The summed E-state index contributed by atoms with van der Waals surface area (Å²) in [6.45, 7) is 3.75. The smallest absolute Gasteiger partial charge is 0.264 e. The van der Waals surface area contributed by atoms with Crippen LogP contribution in [0.2, 0.25) is 5.02 Å². The van der Waals surface area contributed by atoms with Crippen LogP contribution in [0.25, 0.3) is 0 Å². The lowest BCUT2D eigenvalue weighted by molar-refractivity contribution is -0.139. The molecule has 0 spiro atoms. The molecule has 1 N–H and O–H groups in total. The van der Waals surface area contributed by atoms with Gasteiger partial charge in [-0.1, -0.05) is 67.1 Å². The highest BCUT2D eigenvalue weighted by Gasteiger charge is 2.32. The van der Waals surface area contributed by atoms with Crippen molar-refractivity contribution in [2.45, 2.75) is 37.8 Å². The van der Waals surface area contributed by atoms with Crippen molar-refractivity contribution in [1.82, 2.24) is 10.2 Å². The molecule has 3 rings (SSSR count). The summed E-state index contributed by atoms with van der Waals surface area (Å²) < 4.78 is 28.3. The van der Waals surface area contributed by atoms with Gasteiger partial charge < -0.3 is 10.2 Å². The molecule has 0 heterocycles. The zero-order valence-corrected chi connectivity index (χ0v) is 21.9. The molecule has 3 aromatic rings. The van der Waals surface area contributed by atoms with Gasteiger partial charge in [0.25, 0.3) is 10.0 Å². The van der Waals surface area contributed by atoms with E-state index in [2.05, 4.69) is 5.32 Å². The highest BCUT2D eigenvalue weighted by atomic mass is 35.5. The number of para-hydroxylation sites is 1. The van der Waals surface area contributed by atoms with Crippen LogP contribution in [-0.4, -0.2) is 44.3 Å². The predicted molar refractivity (Wildman–Crippen MR) is 142 cm³/mol. The average Bonchev–Trinajstić information content (AvgIpc) is 2.89. The summed E-state index contributed by atoms with van der Waals surface area (Å²) in [4.78, 5) is 27.9. The molecule has 0 fully saturated rings. The van der Waals surface area contributed by atoms with Crippen LogP contribution in [0.1, 0.15) is 25.8 Å². The van der Waals surface area contributed by atoms with Gasteiger partial charge in [-0.05, 0) is 55.3 Å². The van der Waals surface area contributed by atoms with Gasteiger partial charge >= 0.3 is 0 Å². The fraction of sp³-hybridized carbons (Fsp3) is 0.259. The second kappa shape index (κ2) is 12.6. The van der Waals surface area contributed by atoms with Gasteiger partial charge in [0.15, 0.2) is 0 Å². The minimum atomic E-state index is -4.11. The molecule has 0 aliphatic carbocycles. The first-order valence-corrected chi connectivity index (χ1v) is 13.5. The lowest BCUT2D eigenvalue weighted by Gasteiger charge is -2.32. The lowest BCUT2D eigenvalue weighted by Crippen LogP contribution is -2.51. The quantitative estimate of drug-likeness (QED) is 0.398. The summed E-state index contributed by atoms with van der Waals surface area (Å²) in [6.07, 6.45) is 0.756. The molecule has 3 aromatic carbocycles. The summed E-state index contributed by atoms with van der Waals surface area (Å²) in [6, 6.07) is 22.7. The number of nitrogens with one attached hydrogen (secondary N) is 1. The van der Waals surface area contributed by atoms with Crippen LogP contribution in [0, 0.1) is 0 Å². The van der Waals surface area contributed by atoms with Crippen molar-refractivity contribution >= 4 is 39.1 Å². The third-order valence-corrected chi connectivity index (χ3v) is 7.68. The van der Waals surface area contributed by atoms with Crippen molar-refractivity contribution in [3.63, 3.8) is 0 Å². The number of hydrogen-bond acceptors (Lipinski definition) is 4. The van der Waals surface area contributed by atoms with E-state index in [4.69, 9.17) is 11.6 Å². The molecule has 9 heteroatoms. The number of benzene rings is 3. The summed E-state index contributed by atoms with van der Waals surface area (Å²) in [5.41, 5.74) is 1.16. The number of halogens is 1. The van der Waals surface area contributed by atoms with Gasteiger partial charge in [0.2, 0.25) is 11.8 Å². The summed E-state index contributed by atoms with van der Waals surface area (Å²) in [7, 11) is -4.11. The Labute approximate surface area is 217 Å². The number of carbonyl (C=O) groups is 2. The molecule has 0 saturated heterocycles. The molecule has 1 atom stereocenters. The van der Waals surface area contributed by atoms with E-state index in [1.807, 2.05) is 37.3 Å². The standard InChI is InChI=1S/C27H30ClN3O4S/c1-3-18-29-27(33)21(2)30(19-22-10-6-4-7-11-22)26(32)20-31(24-12-8-5-9-13-24)36(34,35)25-16-14-23(28)15-17-25/h4-17,21H,3,18-20H2,1-2H3,(H,29,33)/t21-/m1/s1. The Morgan fingerprint density at radius 3 is 2.08 bits per heavy atom. The van der Waals surface area contributed by atoms with Crippen molar-refractivity contribution in [3.05, 3.63) is 95.5 Å². The SMILES string of the molecule is CCCNC(=O)[C@@H](C)N(Cc1ccccc1)C(=O)CN(c1ccccc1)S(=O)(=O)c1ccc(Cl)cc1. The van der Waals surface area contributed by atoms with Crippen molar-refractivity contribution in [1.29, 1.82) is 0 Å². The first kappa shape index (κ1) is 27.2. The average molecular weight is 528 g/mol. The zero-order valence-electron chi connectivity index (χ0n) is 20.3. The van der Waals surface area contributed by atoms with Crippen LogP contribution >= 0.6 is 11.6 Å². The van der Waals surface area contributed by atoms with Gasteiger partial charge in [-0.2, -0.15) is 0 Å². The van der Waals surface area contributed by atoms with Crippen molar-refractivity contribution in [2.75, 3.05) is 17.4 Å². The third kappa shape index (κ3) is 6.86. The van der Waals surface area contributed by atoms with Crippen molar-refractivity contribution in [3.8, 4) is 0 Å². The summed E-state index contributed by atoms with van der Waals surface area (Å²) in [5, 5.41) is 3.22. The van der Waals surface area contributed by atoms with E-state index in [1.165, 1.54) is 29.2 Å². The maximum absolute atomic E-state index is 13.7. The van der Waals surface area contributed by atoms with Gasteiger partial charge in [-0.3, -0.25) is 13.9 Å². The van der Waals surface area contributed by atoms with Crippen LogP contribution in [0.15, 0.2) is 89.8 Å². The monoisotopic (exact) mass is 527 g/mol. The molecule has 7 nitrogen and oxygen atoms in total. The van der Waals surface area contributed by atoms with E-state index in [-0.39, 0.29) is 17.3 Å².